The van der Waals surface area contributed by atoms with Gasteiger partial charge in [0.1, 0.15) is 11.6 Å². The van der Waals surface area contributed by atoms with Gasteiger partial charge in [-0.1, -0.05) is 22.9 Å². The van der Waals surface area contributed by atoms with E-state index in [1.807, 2.05) is 19.0 Å². The molecule has 0 aliphatic carbocycles. The monoisotopic (exact) mass is 469 g/mol. The van der Waals surface area contributed by atoms with Gasteiger partial charge in [0.05, 0.1) is 15.1 Å². The average Bonchev–Trinajstić information content (AvgIpc) is 3.07. The highest BCUT2D eigenvalue weighted by Crippen LogP contribution is 2.30. The minimum Gasteiger partial charge on any atom is -0.309 e. The zero-order chi connectivity index (χ0) is 21.9. The summed E-state index contributed by atoms with van der Waals surface area (Å²) in [4.78, 5) is 20.8. The number of thiazole rings is 1. The molecule has 0 N–H and O–H groups in total. The molecule has 6 nitrogen and oxygen atoms in total. The minimum absolute atomic E-state index is 0.0277. The van der Waals surface area contributed by atoms with Crippen LogP contribution in [0.5, 0.6) is 0 Å². The van der Waals surface area contributed by atoms with Gasteiger partial charge in [0.25, 0.3) is 0 Å². The van der Waals surface area contributed by atoms with Crippen LogP contribution in [0.2, 0.25) is 5.02 Å². The van der Waals surface area contributed by atoms with Crippen molar-refractivity contribution in [1.82, 2.24) is 9.88 Å². The zero-order valence-corrected chi connectivity index (χ0v) is 18.9. The third kappa shape index (κ3) is 5.54. The minimum atomic E-state index is -3.85. The molecule has 0 fully saturated rings. The molecule has 1 heterocycles. The summed E-state index contributed by atoms with van der Waals surface area (Å²) in [6.07, 6.45) is 0.629. The maximum Gasteiger partial charge on any atom is 0.244 e. The number of nitrogens with zero attached hydrogens (tertiary/aromatic N) is 3. The van der Waals surface area contributed by atoms with Gasteiger partial charge in [0, 0.05) is 11.6 Å². The van der Waals surface area contributed by atoms with Crippen LogP contribution in [-0.4, -0.2) is 57.1 Å². The highest BCUT2D eigenvalue weighted by atomic mass is 35.5. The fourth-order valence-electron chi connectivity index (χ4n) is 2.84. The number of hydrogen-bond donors (Lipinski definition) is 0. The Kier molecular flexibility index (Phi) is 7.07. The van der Waals surface area contributed by atoms with Crippen molar-refractivity contribution in [2.45, 2.75) is 11.3 Å². The van der Waals surface area contributed by atoms with E-state index in [9.17, 15) is 17.6 Å². The first kappa shape index (κ1) is 22.6. The van der Waals surface area contributed by atoms with Crippen LogP contribution < -0.4 is 4.90 Å². The number of carbonyl (C=O) groups is 1. The molecule has 0 radical (unpaired) electrons. The molecule has 0 aliphatic rings. The van der Waals surface area contributed by atoms with E-state index >= 15 is 0 Å². The van der Waals surface area contributed by atoms with E-state index in [2.05, 4.69) is 4.98 Å². The number of aromatic nitrogens is 1. The Hall–Kier alpha value is -2.07. The molecule has 0 aliphatic heterocycles. The molecule has 0 bridgehead atoms. The number of anilines is 1. The van der Waals surface area contributed by atoms with Crippen LogP contribution in [-0.2, 0) is 14.6 Å². The van der Waals surface area contributed by atoms with Crippen LogP contribution in [0.25, 0.3) is 10.2 Å². The summed E-state index contributed by atoms with van der Waals surface area (Å²) in [7, 11) is -0.0222. The number of sulfone groups is 1. The lowest BCUT2D eigenvalue weighted by atomic mass is 10.3. The number of rotatable bonds is 8. The fourth-order valence-corrected chi connectivity index (χ4v) is 5.20. The van der Waals surface area contributed by atoms with Crippen molar-refractivity contribution in [3.05, 3.63) is 53.3 Å². The molecule has 2 aromatic carbocycles. The van der Waals surface area contributed by atoms with Gasteiger partial charge in [0.15, 0.2) is 15.0 Å². The molecule has 1 amide bonds. The largest absolute Gasteiger partial charge is 0.309 e. The number of carbonyl (C=O) groups excluding carboxylic acids is 1. The first-order valence-electron chi connectivity index (χ1n) is 9.15. The van der Waals surface area contributed by atoms with Gasteiger partial charge in [-0.25, -0.2) is 17.8 Å². The number of benzene rings is 2. The second-order valence-electron chi connectivity index (χ2n) is 7.02. The summed E-state index contributed by atoms with van der Waals surface area (Å²) in [5.74, 6) is -1.67. The van der Waals surface area contributed by atoms with Crippen LogP contribution in [0.15, 0.2) is 47.4 Å². The molecular weight excluding hydrogens is 449 g/mol. The quantitative estimate of drug-likeness (QED) is 0.501. The SMILES string of the molecule is CN(C)CCCN(C(=O)CS(=O)(=O)c1ccc(Cl)cc1)c1nc2ccc(F)cc2s1. The molecule has 0 atom stereocenters. The van der Waals surface area contributed by atoms with E-state index in [0.29, 0.717) is 39.9 Å². The average molecular weight is 470 g/mol. The first-order valence-corrected chi connectivity index (χ1v) is 12.0. The molecule has 1 aromatic heterocycles. The van der Waals surface area contributed by atoms with Gasteiger partial charge in [-0.15, -0.1) is 0 Å². The second kappa shape index (κ2) is 9.38. The third-order valence-electron chi connectivity index (χ3n) is 4.34. The van der Waals surface area contributed by atoms with Crippen molar-refractivity contribution in [3.63, 3.8) is 0 Å². The number of amides is 1. The Bertz CT molecular complexity index is 1150. The summed E-state index contributed by atoms with van der Waals surface area (Å²) in [5.41, 5.74) is 0.558. The first-order chi connectivity index (χ1) is 14.2. The van der Waals surface area contributed by atoms with Crippen molar-refractivity contribution < 1.29 is 17.6 Å². The Balaban J connectivity index is 1.88. The molecule has 0 saturated carbocycles. The molecular formula is C20H21ClFN3O3S2. The van der Waals surface area contributed by atoms with Crippen molar-refractivity contribution in [1.29, 1.82) is 0 Å². The number of hydrogen-bond acceptors (Lipinski definition) is 6. The van der Waals surface area contributed by atoms with Crippen molar-refractivity contribution >= 4 is 54.0 Å². The second-order valence-corrected chi connectivity index (χ2v) is 10.5. The molecule has 0 unspecified atom stereocenters. The van der Waals surface area contributed by atoms with Gasteiger partial charge in [-0.3, -0.25) is 9.69 Å². The van der Waals surface area contributed by atoms with Crippen molar-refractivity contribution in [3.8, 4) is 0 Å². The van der Waals surface area contributed by atoms with Crippen molar-refractivity contribution in [2.75, 3.05) is 37.8 Å². The molecule has 0 spiro atoms. The Morgan fingerprint density at radius 2 is 1.83 bits per heavy atom. The molecule has 10 heteroatoms. The van der Waals surface area contributed by atoms with Crippen LogP contribution >= 0.6 is 22.9 Å². The van der Waals surface area contributed by atoms with E-state index in [0.717, 1.165) is 11.3 Å². The van der Waals surface area contributed by atoms with E-state index < -0.39 is 27.3 Å². The molecule has 30 heavy (non-hydrogen) atoms. The molecule has 0 saturated heterocycles. The van der Waals surface area contributed by atoms with Crippen LogP contribution in [0, 0.1) is 5.82 Å². The Morgan fingerprint density at radius 1 is 1.13 bits per heavy atom. The maximum absolute atomic E-state index is 13.5. The number of halogens is 2. The summed E-state index contributed by atoms with van der Waals surface area (Å²) < 4.78 is 39.6. The standard InChI is InChI=1S/C20H21ClFN3O3S2/c1-24(2)10-3-11-25(20-23-17-9-6-15(22)12-18(17)29-20)19(26)13-30(27,28)16-7-4-14(21)5-8-16/h4-9,12H,3,10-11,13H2,1-2H3. The predicted octanol–water partition coefficient (Wildman–Crippen LogP) is 3.85. The summed E-state index contributed by atoms with van der Waals surface area (Å²) in [5, 5.41) is 0.762. The van der Waals surface area contributed by atoms with E-state index in [-0.39, 0.29) is 4.90 Å². The van der Waals surface area contributed by atoms with Gasteiger partial charge in [-0.2, -0.15) is 0 Å². The summed E-state index contributed by atoms with van der Waals surface area (Å²) >= 11 is 6.98. The fraction of sp³-hybridized carbons (Fsp3) is 0.300. The molecule has 160 valence electrons. The highest BCUT2D eigenvalue weighted by Gasteiger charge is 2.26. The summed E-state index contributed by atoms with van der Waals surface area (Å²) in [6, 6.07) is 9.88. The maximum atomic E-state index is 13.5. The lowest BCUT2D eigenvalue weighted by Gasteiger charge is -2.21. The van der Waals surface area contributed by atoms with Crippen LogP contribution in [0.4, 0.5) is 9.52 Å². The highest BCUT2D eigenvalue weighted by molar-refractivity contribution is 7.92. The molecule has 3 rings (SSSR count). The smallest absolute Gasteiger partial charge is 0.244 e. The van der Waals surface area contributed by atoms with E-state index in [4.69, 9.17) is 11.6 Å². The van der Waals surface area contributed by atoms with Gasteiger partial charge >= 0.3 is 0 Å². The third-order valence-corrected chi connectivity index (χ3v) is 7.25. The van der Waals surface area contributed by atoms with Crippen molar-refractivity contribution in [2.24, 2.45) is 0 Å². The zero-order valence-electron chi connectivity index (χ0n) is 16.5. The lowest BCUT2D eigenvalue weighted by molar-refractivity contribution is -0.116. The van der Waals surface area contributed by atoms with Gasteiger partial charge < -0.3 is 4.90 Å². The van der Waals surface area contributed by atoms with Gasteiger partial charge in [0.2, 0.25) is 5.91 Å². The molecule has 3 aromatic rings. The predicted molar refractivity (Wildman–Crippen MR) is 119 cm³/mol. The lowest BCUT2D eigenvalue weighted by Crippen LogP contribution is -2.37. The Labute approximate surface area is 183 Å². The van der Waals surface area contributed by atoms with Crippen LogP contribution in [0.1, 0.15) is 6.42 Å². The van der Waals surface area contributed by atoms with Crippen LogP contribution in [0.3, 0.4) is 0 Å². The van der Waals surface area contributed by atoms with E-state index in [1.54, 1.807) is 0 Å². The number of fused-ring (bicyclic) bond motifs is 1. The Morgan fingerprint density at radius 3 is 2.50 bits per heavy atom. The van der Waals surface area contributed by atoms with E-state index in [1.165, 1.54) is 47.4 Å². The topological polar surface area (TPSA) is 70.6 Å². The summed E-state index contributed by atoms with van der Waals surface area (Å²) in [6.45, 7) is 1.02. The normalized spacial score (nSPS) is 11.9. The van der Waals surface area contributed by atoms with Gasteiger partial charge in [-0.05, 0) is 69.5 Å².